The molecule has 1 atom stereocenters. The predicted octanol–water partition coefficient (Wildman–Crippen LogP) is 4.80. The molecule has 0 amide bonds. The lowest BCUT2D eigenvalue weighted by Crippen LogP contribution is -2.18. The summed E-state index contributed by atoms with van der Waals surface area (Å²) in [6, 6.07) is 17.9. The first-order valence-corrected chi connectivity index (χ1v) is 8.19. The monoisotopic (exact) mass is 379 g/mol. The maximum Gasteiger partial charge on any atom is 0.0574 e. The zero-order valence-electron chi connectivity index (χ0n) is 12.4. The second kappa shape index (κ2) is 7.23. The third-order valence-electron chi connectivity index (χ3n) is 3.40. The number of hydrogen-bond donors (Lipinski definition) is 1. The van der Waals surface area contributed by atoms with Crippen molar-refractivity contribution in [2.75, 3.05) is 7.05 Å². The van der Waals surface area contributed by atoms with Gasteiger partial charge in [-0.25, -0.2) is 0 Å². The zero-order valence-corrected chi connectivity index (χ0v) is 14.5. The molecule has 0 saturated heterocycles. The minimum absolute atomic E-state index is 0.261. The normalized spacial score (nSPS) is 12.7. The molecule has 0 bridgehead atoms. The van der Waals surface area contributed by atoms with E-state index in [2.05, 4.69) is 90.3 Å². The van der Waals surface area contributed by atoms with E-state index in [0.717, 1.165) is 6.42 Å². The molecule has 0 fully saturated rings. The Bertz CT molecular complexity index is 563. The number of hydrogen-bond acceptors (Lipinski definition) is 1. The van der Waals surface area contributed by atoms with Crippen molar-refractivity contribution in [1.82, 2.24) is 5.32 Å². The highest BCUT2D eigenvalue weighted by molar-refractivity contribution is 14.1. The van der Waals surface area contributed by atoms with Crippen LogP contribution in [0.3, 0.4) is 0 Å². The minimum atomic E-state index is 0.261. The Hall–Kier alpha value is -0.870. The predicted molar refractivity (Wildman–Crippen MR) is 95.0 cm³/mol. The van der Waals surface area contributed by atoms with Gasteiger partial charge in [-0.2, -0.15) is 0 Å². The Labute approximate surface area is 135 Å². The van der Waals surface area contributed by atoms with Gasteiger partial charge in [-0.1, -0.05) is 50.2 Å². The summed E-state index contributed by atoms with van der Waals surface area (Å²) in [5.41, 5.74) is 4.08. The molecule has 1 nitrogen and oxygen atoms in total. The Kier molecular flexibility index (Phi) is 5.61. The first-order valence-electron chi connectivity index (χ1n) is 7.11. The van der Waals surface area contributed by atoms with Crippen molar-refractivity contribution in [3.63, 3.8) is 0 Å². The van der Waals surface area contributed by atoms with Crippen molar-refractivity contribution in [3.8, 4) is 0 Å². The Morgan fingerprint density at radius 1 is 1.00 bits per heavy atom. The van der Waals surface area contributed by atoms with Gasteiger partial charge in [0.15, 0.2) is 0 Å². The Morgan fingerprint density at radius 2 is 1.65 bits per heavy atom. The first-order chi connectivity index (χ1) is 9.60. The second-order valence-corrected chi connectivity index (χ2v) is 6.87. The average Bonchev–Trinajstić information content (AvgIpc) is 2.39. The van der Waals surface area contributed by atoms with Crippen LogP contribution in [0.1, 0.15) is 36.6 Å². The summed E-state index contributed by atoms with van der Waals surface area (Å²) in [5, 5.41) is 3.44. The number of rotatable bonds is 5. The molecule has 0 aliphatic carbocycles. The fraction of sp³-hybridized carbons (Fsp3) is 0.333. The Balaban J connectivity index is 2.32. The van der Waals surface area contributed by atoms with Gasteiger partial charge in [-0.15, -0.1) is 0 Å². The van der Waals surface area contributed by atoms with Crippen LogP contribution in [0.25, 0.3) is 0 Å². The molecule has 1 N–H and O–H groups in total. The fourth-order valence-corrected chi connectivity index (χ4v) is 3.15. The van der Waals surface area contributed by atoms with Crippen molar-refractivity contribution in [3.05, 3.63) is 68.8 Å². The van der Waals surface area contributed by atoms with E-state index in [1.807, 2.05) is 7.05 Å². The van der Waals surface area contributed by atoms with Gasteiger partial charge in [0.2, 0.25) is 0 Å². The van der Waals surface area contributed by atoms with Gasteiger partial charge in [0.05, 0.1) is 6.04 Å². The van der Waals surface area contributed by atoms with E-state index in [0.29, 0.717) is 5.92 Å². The van der Waals surface area contributed by atoms with Gasteiger partial charge >= 0.3 is 0 Å². The molecule has 2 aromatic rings. The van der Waals surface area contributed by atoms with E-state index >= 15 is 0 Å². The molecule has 0 aromatic heterocycles. The summed E-state index contributed by atoms with van der Waals surface area (Å²) in [6.07, 6.45) is 1.14. The summed E-state index contributed by atoms with van der Waals surface area (Å²) in [6.45, 7) is 4.53. The van der Waals surface area contributed by atoms with Crippen LogP contribution >= 0.6 is 22.6 Å². The lowest BCUT2D eigenvalue weighted by molar-refractivity contribution is 0.643. The topological polar surface area (TPSA) is 12.0 Å². The van der Waals surface area contributed by atoms with Crippen LogP contribution in [0.2, 0.25) is 0 Å². The molecule has 0 radical (unpaired) electrons. The van der Waals surface area contributed by atoms with Crippen LogP contribution in [0.5, 0.6) is 0 Å². The largest absolute Gasteiger partial charge is 0.309 e. The molecule has 2 heteroatoms. The third kappa shape index (κ3) is 4.06. The molecule has 0 spiro atoms. The first kappa shape index (κ1) is 15.5. The van der Waals surface area contributed by atoms with E-state index in [1.54, 1.807) is 0 Å². The lowest BCUT2D eigenvalue weighted by Gasteiger charge is -2.19. The summed E-state index contributed by atoms with van der Waals surface area (Å²) >= 11 is 2.37. The van der Waals surface area contributed by atoms with E-state index in [9.17, 15) is 0 Å². The third-order valence-corrected chi connectivity index (χ3v) is 4.07. The van der Waals surface area contributed by atoms with Gasteiger partial charge in [-0.3, -0.25) is 0 Å². The average molecular weight is 379 g/mol. The number of benzene rings is 2. The summed E-state index contributed by atoms with van der Waals surface area (Å²) < 4.78 is 1.28. The molecular formula is C18H22IN. The van der Waals surface area contributed by atoms with Gasteiger partial charge in [0.25, 0.3) is 0 Å². The van der Waals surface area contributed by atoms with Gasteiger partial charge in [0.1, 0.15) is 0 Å². The Morgan fingerprint density at radius 3 is 2.25 bits per heavy atom. The molecule has 2 rings (SSSR count). The SMILES string of the molecule is CNC(c1cccc(I)c1)c1cccc(CC(C)C)c1. The summed E-state index contributed by atoms with van der Waals surface area (Å²) in [5.74, 6) is 0.691. The van der Waals surface area contributed by atoms with Crippen LogP contribution in [-0.4, -0.2) is 7.05 Å². The molecule has 0 aliphatic heterocycles. The van der Waals surface area contributed by atoms with Gasteiger partial charge in [0, 0.05) is 3.57 Å². The highest BCUT2D eigenvalue weighted by Crippen LogP contribution is 2.24. The van der Waals surface area contributed by atoms with Crippen LogP contribution in [0.4, 0.5) is 0 Å². The summed E-state index contributed by atoms with van der Waals surface area (Å²) in [4.78, 5) is 0. The molecule has 0 aliphatic rings. The standard InChI is InChI=1S/C18H22IN/c1-13(2)10-14-6-4-7-15(11-14)18(20-3)16-8-5-9-17(19)12-16/h4-9,11-13,18,20H,10H2,1-3H3. The van der Waals surface area contributed by atoms with Crippen LogP contribution < -0.4 is 5.32 Å². The van der Waals surface area contributed by atoms with E-state index in [-0.39, 0.29) is 6.04 Å². The molecule has 0 saturated carbocycles. The van der Waals surface area contributed by atoms with E-state index < -0.39 is 0 Å². The van der Waals surface area contributed by atoms with E-state index in [4.69, 9.17) is 0 Å². The van der Waals surface area contributed by atoms with Crippen LogP contribution in [0, 0.1) is 9.49 Å². The van der Waals surface area contributed by atoms with E-state index in [1.165, 1.54) is 20.3 Å². The second-order valence-electron chi connectivity index (χ2n) is 5.62. The van der Waals surface area contributed by atoms with Crippen LogP contribution in [-0.2, 0) is 6.42 Å². The highest BCUT2D eigenvalue weighted by atomic mass is 127. The fourth-order valence-electron chi connectivity index (χ4n) is 2.58. The molecule has 20 heavy (non-hydrogen) atoms. The maximum atomic E-state index is 3.44. The van der Waals surface area contributed by atoms with Crippen molar-refractivity contribution in [2.45, 2.75) is 26.3 Å². The smallest absolute Gasteiger partial charge is 0.0574 e. The molecular weight excluding hydrogens is 357 g/mol. The molecule has 1 unspecified atom stereocenters. The molecule has 0 heterocycles. The molecule has 2 aromatic carbocycles. The number of halogens is 1. The number of nitrogens with one attached hydrogen (secondary N) is 1. The lowest BCUT2D eigenvalue weighted by atomic mass is 9.95. The minimum Gasteiger partial charge on any atom is -0.309 e. The van der Waals surface area contributed by atoms with Gasteiger partial charge in [-0.05, 0) is 70.8 Å². The van der Waals surface area contributed by atoms with Crippen molar-refractivity contribution in [1.29, 1.82) is 0 Å². The van der Waals surface area contributed by atoms with Crippen molar-refractivity contribution >= 4 is 22.6 Å². The zero-order chi connectivity index (χ0) is 14.5. The van der Waals surface area contributed by atoms with Crippen molar-refractivity contribution < 1.29 is 0 Å². The van der Waals surface area contributed by atoms with Crippen molar-refractivity contribution in [2.24, 2.45) is 5.92 Å². The quantitative estimate of drug-likeness (QED) is 0.736. The van der Waals surface area contributed by atoms with Gasteiger partial charge < -0.3 is 5.32 Å². The summed E-state index contributed by atoms with van der Waals surface area (Å²) in [7, 11) is 2.03. The molecule has 106 valence electrons. The highest BCUT2D eigenvalue weighted by Gasteiger charge is 2.12. The maximum absolute atomic E-state index is 3.44. The van der Waals surface area contributed by atoms with Crippen LogP contribution in [0.15, 0.2) is 48.5 Å².